The molecule has 5 aromatic rings. The zero-order valence-corrected chi connectivity index (χ0v) is 27.0. The molecule has 1 atom stereocenters. The zero-order chi connectivity index (χ0) is 32.0. The average Bonchev–Trinajstić information content (AvgIpc) is 3.72. The van der Waals surface area contributed by atoms with E-state index in [-0.39, 0.29) is 24.1 Å². The molecule has 1 unspecified atom stereocenters. The number of aryl methyl sites for hydroxylation is 2. The third-order valence-corrected chi connectivity index (χ3v) is 8.72. The summed E-state index contributed by atoms with van der Waals surface area (Å²) >= 11 is 0. The predicted octanol–water partition coefficient (Wildman–Crippen LogP) is 4.93. The molecule has 1 aliphatic heterocycles. The van der Waals surface area contributed by atoms with Crippen LogP contribution >= 0.6 is 0 Å². The van der Waals surface area contributed by atoms with E-state index in [2.05, 4.69) is 54.5 Å². The summed E-state index contributed by atoms with van der Waals surface area (Å²) in [5.41, 5.74) is 7.84. The first-order valence-electron chi connectivity index (χ1n) is 15.5. The molecule has 12 heteroatoms. The highest BCUT2D eigenvalue weighted by Gasteiger charge is 2.27. The van der Waals surface area contributed by atoms with Crippen LogP contribution in [0.1, 0.15) is 91.6 Å². The molecular formula is C33H41N9O3. The first-order valence-corrected chi connectivity index (χ1v) is 15.5. The molecule has 0 saturated carbocycles. The summed E-state index contributed by atoms with van der Waals surface area (Å²) in [4.78, 5) is 26.4. The van der Waals surface area contributed by atoms with Crippen LogP contribution in [-0.4, -0.2) is 58.6 Å². The predicted molar refractivity (Wildman–Crippen MR) is 171 cm³/mol. The summed E-state index contributed by atoms with van der Waals surface area (Å²) in [5, 5.41) is 26.7. The number of nitrogens with one attached hydrogen (secondary N) is 2. The zero-order valence-electron chi connectivity index (χ0n) is 27.0. The van der Waals surface area contributed by atoms with Crippen LogP contribution in [0.5, 0.6) is 0 Å². The molecule has 0 radical (unpaired) electrons. The van der Waals surface area contributed by atoms with Crippen LogP contribution in [0.3, 0.4) is 0 Å². The maximum Gasteiger partial charge on any atom is 0.315 e. The summed E-state index contributed by atoms with van der Waals surface area (Å²) in [7, 11) is 0. The Morgan fingerprint density at radius 1 is 1.16 bits per heavy atom. The Kier molecular flexibility index (Phi) is 8.04. The largest absolute Gasteiger partial charge is 0.376 e. The average molecular weight is 612 g/mol. The quantitative estimate of drug-likeness (QED) is 0.233. The Labute approximate surface area is 262 Å². The molecule has 1 fully saturated rings. The smallest absolute Gasteiger partial charge is 0.315 e. The minimum Gasteiger partial charge on any atom is -0.376 e. The van der Waals surface area contributed by atoms with E-state index in [1.165, 1.54) is 6.33 Å². The van der Waals surface area contributed by atoms with Crippen molar-refractivity contribution < 1.29 is 14.4 Å². The summed E-state index contributed by atoms with van der Waals surface area (Å²) < 4.78 is 9.20. The van der Waals surface area contributed by atoms with Gasteiger partial charge in [0.2, 0.25) is 0 Å². The summed E-state index contributed by atoms with van der Waals surface area (Å²) in [6.07, 6.45) is 3.60. The third-order valence-electron chi connectivity index (χ3n) is 8.72. The van der Waals surface area contributed by atoms with Gasteiger partial charge in [0.15, 0.2) is 5.82 Å². The lowest BCUT2D eigenvalue weighted by Crippen LogP contribution is -2.30. The van der Waals surface area contributed by atoms with E-state index in [1.807, 2.05) is 58.2 Å². The van der Waals surface area contributed by atoms with E-state index in [4.69, 9.17) is 9.62 Å². The monoisotopic (exact) mass is 611 g/mol. The number of carbonyl (C=O) groups is 1. The van der Waals surface area contributed by atoms with E-state index in [9.17, 15) is 9.90 Å². The number of piperidine rings is 1. The van der Waals surface area contributed by atoms with Gasteiger partial charge in [-0.25, -0.2) is 9.97 Å². The van der Waals surface area contributed by atoms with Gasteiger partial charge in [-0.3, -0.25) is 9.48 Å². The van der Waals surface area contributed by atoms with E-state index in [0.29, 0.717) is 17.5 Å². The molecule has 1 saturated heterocycles. The lowest BCUT2D eigenvalue weighted by molar-refractivity contribution is 0.0895. The number of hydrogen-bond donors (Lipinski definition) is 3. The fourth-order valence-electron chi connectivity index (χ4n) is 6.35. The van der Waals surface area contributed by atoms with Crippen LogP contribution in [0.2, 0.25) is 0 Å². The number of aliphatic hydroxyl groups excluding tert-OH is 1. The second-order valence-electron chi connectivity index (χ2n) is 13.0. The lowest BCUT2D eigenvalue weighted by atomic mass is 9.96. The number of rotatable bonds is 7. The van der Waals surface area contributed by atoms with Gasteiger partial charge in [0.05, 0.1) is 29.2 Å². The molecule has 1 aromatic carbocycles. The molecule has 0 bridgehead atoms. The SMILES string of the molecule is Cc1cc(-c2ncnc3c2cc(-c2c(C)nn(C4CCNCC4)c2C)n3CO)ccc1C(C)NC(=O)c1nc(C(C)(C)C)no1. The number of fused-ring (bicyclic) bond motifs is 1. The van der Waals surface area contributed by atoms with Gasteiger partial charge in [-0.15, -0.1) is 0 Å². The molecule has 0 aliphatic carbocycles. The van der Waals surface area contributed by atoms with Crippen molar-refractivity contribution in [2.24, 2.45) is 0 Å². The minimum atomic E-state index is -0.418. The van der Waals surface area contributed by atoms with Crippen molar-refractivity contribution in [1.29, 1.82) is 0 Å². The fourth-order valence-corrected chi connectivity index (χ4v) is 6.35. The molecule has 0 spiro atoms. The second kappa shape index (κ2) is 11.8. The molecule has 5 heterocycles. The van der Waals surface area contributed by atoms with Crippen LogP contribution in [0.15, 0.2) is 35.1 Å². The van der Waals surface area contributed by atoms with Gasteiger partial charge in [-0.05, 0) is 76.9 Å². The maximum absolute atomic E-state index is 12.9. The summed E-state index contributed by atoms with van der Waals surface area (Å²) in [6, 6.07) is 8.17. The Hall–Kier alpha value is -4.42. The first kappa shape index (κ1) is 30.6. The van der Waals surface area contributed by atoms with Crippen LogP contribution in [0, 0.1) is 20.8 Å². The van der Waals surface area contributed by atoms with E-state index >= 15 is 0 Å². The topological polar surface area (TPSA) is 149 Å². The number of nitrogens with zero attached hydrogens (tertiary/aromatic N) is 7. The molecule has 6 rings (SSSR count). The Morgan fingerprint density at radius 3 is 2.58 bits per heavy atom. The maximum atomic E-state index is 12.9. The van der Waals surface area contributed by atoms with Gasteiger partial charge in [-0.2, -0.15) is 10.1 Å². The van der Waals surface area contributed by atoms with Crippen molar-refractivity contribution in [2.45, 2.75) is 85.5 Å². The first-order chi connectivity index (χ1) is 21.5. The minimum absolute atomic E-state index is 0.0552. The second-order valence-corrected chi connectivity index (χ2v) is 13.0. The molecular weight excluding hydrogens is 570 g/mol. The van der Waals surface area contributed by atoms with Gasteiger partial charge in [-0.1, -0.05) is 38.1 Å². The number of amides is 1. The highest BCUT2D eigenvalue weighted by Crippen LogP contribution is 2.37. The Morgan fingerprint density at radius 2 is 1.91 bits per heavy atom. The number of aliphatic hydroxyl groups is 1. The molecule has 12 nitrogen and oxygen atoms in total. The van der Waals surface area contributed by atoms with Crippen LogP contribution in [0.25, 0.3) is 33.5 Å². The van der Waals surface area contributed by atoms with Gasteiger partial charge in [0.1, 0.15) is 18.7 Å². The van der Waals surface area contributed by atoms with Crippen molar-refractivity contribution in [3.05, 3.63) is 64.8 Å². The van der Waals surface area contributed by atoms with Crippen LogP contribution < -0.4 is 10.6 Å². The summed E-state index contributed by atoms with van der Waals surface area (Å²) in [5.74, 6) is 0.00919. The van der Waals surface area contributed by atoms with Crippen molar-refractivity contribution in [3.8, 4) is 22.5 Å². The fraction of sp³-hybridized carbons (Fsp3) is 0.455. The highest BCUT2D eigenvalue weighted by atomic mass is 16.5. The van der Waals surface area contributed by atoms with Crippen molar-refractivity contribution >= 4 is 16.9 Å². The van der Waals surface area contributed by atoms with Gasteiger partial charge in [0, 0.05) is 27.6 Å². The van der Waals surface area contributed by atoms with Gasteiger partial charge >= 0.3 is 11.8 Å². The molecule has 236 valence electrons. The molecule has 4 aromatic heterocycles. The van der Waals surface area contributed by atoms with Crippen molar-refractivity contribution in [3.63, 3.8) is 0 Å². The molecule has 1 aliphatic rings. The molecule has 45 heavy (non-hydrogen) atoms. The third kappa shape index (κ3) is 5.64. The number of carbonyl (C=O) groups excluding carboxylic acids is 1. The highest BCUT2D eigenvalue weighted by molar-refractivity contribution is 5.95. The lowest BCUT2D eigenvalue weighted by Gasteiger charge is -2.24. The van der Waals surface area contributed by atoms with E-state index in [0.717, 1.165) is 76.3 Å². The number of hydrogen-bond acceptors (Lipinski definition) is 9. The summed E-state index contributed by atoms with van der Waals surface area (Å²) in [6.45, 7) is 15.7. The van der Waals surface area contributed by atoms with Crippen molar-refractivity contribution in [1.82, 2.24) is 45.1 Å². The normalized spacial score (nSPS) is 15.1. The van der Waals surface area contributed by atoms with Gasteiger partial charge in [0.25, 0.3) is 0 Å². The van der Waals surface area contributed by atoms with Crippen LogP contribution in [0.4, 0.5) is 0 Å². The molecule has 3 N–H and O–H groups in total. The van der Waals surface area contributed by atoms with E-state index in [1.54, 1.807) is 0 Å². The van der Waals surface area contributed by atoms with Crippen molar-refractivity contribution in [2.75, 3.05) is 13.1 Å². The number of aromatic nitrogens is 7. The number of benzene rings is 1. The Balaban J connectivity index is 1.31. The van der Waals surface area contributed by atoms with Gasteiger partial charge < -0.3 is 24.8 Å². The molecule has 1 amide bonds. The Bertz CT molecular complexity index is 1870. The van der Waals surface area contributed by atoms with E-state index < -0.39 is 5.91 Å². The van der Waals surface area contributed by atoms with Crippen LogP contribution in [-0.2, 0) is 12.1 Å². The standard InChI is InChI=1S/C33H41N9O3/c1-18-14-22(8-9-24(18)19(2)37-30(44)31-38-32(40-45-31)33(5,6)7)28-25-15-26(41(17-43)29(25)36-16-35-28)27-20(3)39-42(21(27)4)23-10-12-34-13-11-23/h8-9,14-16,19,23,34,43H,10-13,17H2,1-7H3,(H,37,44).